The predicted molar refractivity (Wildman–Crippen MR) is 151 cm³/mol. The Kier molecular flexibility index (Phi) is 6.37. The number of nitrogens with zero attached hydrogens (tertiary/aromatic N) is 2. The van der Waals surface area contributed by atoms with Crippen LogP contribution in [-0.4, -0.2) is 21.2 Å². The van der Waals surface area contributed by atoms with Crippen LogP contribution < -0.4 is 10.9 Å². The Bertz CT molecular complexity index is 1550. The molecular weight excluding hydrogens is 478 g/mol. The van der Waals surface area contributed by atoms with Crippen LogP contribution >= 0.6 is 11.8 Å². The number of carbonyl (C=O) groups excluding carboxylic acids is 1. The van der Waals surface area contributed by atoms with Crippen molar-refractivity contribution >= 4 is 34.1 Å². The number of carbonyl (C=O) groups is 1. The molecule has 4 aromatic rings. The van der Waals surface area contributed by atoms with Crippen molar-refractivity contribution in [3.8, 4) is 11.3 Å². The van der Waals surface area contributed by atoms with Crippen molar-refractivity contribution in [3.05, 3.63) is 88.2 Å². The van der Waals surface area contributed by atoms with Gasteiger partial charge in [0.2, 0.25) is 5.91 Å². The van der Waals surface area contributed by atoms with E-state index < -0.39 is 0 Å². The number of nitrogens with one attached hydrogen (secondary N) is 1. The summed E-state index contributed by atoms with van der Waals surface area (Å²) in [5.41, 5.74) is 4.81. The highest BCUT2D eigenvalue weighted by Gasteiger charge is 2.43. The first kappa shape index (κ1) is 24.0. The number of thioether (sulfide) groups is 1. The van der Waals surface area contributed by atoms with Crippen LogP contribution in [0, 0.1) is 0 Å². The summed E-state index contributed by atoms with van der Waals surface area (Å²) in [7, 11) is 0. The van der Waals surface area contributed by atoms with E-state index in [0.717, 1.165) is 65.4 Å². The van der Waals surface area contributed by atoms with E-state index in [1.54, 1.807) is 4.57 Å². The van der Waals surface area contributed by atoms with Crippen LogP contribution in [0.1, 0.15) is 50.2 Å². The quantitative estimate of drug-likeness (QED) is 0.244. The minimum atomic E-state index is -0.127. The maximum atomic E-state index is 14.0. The van der Waals surface area contributed by atoms with E-state index in [9.17, 15) is 9.59 Å². The average Bonchev–Trinajstić information content (AvgIpc) is 2.92. The van der Waals surface area contributed by atoms with Crippen LogP contribution in [-0.2, 0) is 23.2 Å². The smallest absolute Gasteiger partial charge is 0.258 e. The Labute approximate surface area is 221 Å². The molecule has 6 heteroatoms. The van der Waals surface area contributed by atoms with Gasteiger partial charge in [0, 0.05) is 28.6 Å². The molecule has 2 aliphatic carbocycles. The van der Waals surface area contributed by atoms with Gasteiger partial charge in [-0.3, -0.25) is 14.2 Å². The summed E-state index contributed by atoms with van der Waals surface area (Å²) >= 11 is 1.34. The second-order valence-corrected chi connectivity index (χ2v) is 11.1. The van der Waals surface area contributed by atoms with Crippen LogP contribution in [0.3, 0.4) is 0 Å². The topological polar surface area (TPSA) is 64.0 Å². The van der Waals surface area contributed by atoms with Gasteiger partial charge in [0.25, 0.3) is 5.56 Å². The van der Waals surface area contributed by atoms with Crippen molar-refractivity contribution in [2.75, 3.05) is 11.1 Å². The Morgan fingerprint density at radius 3 is 2.59 bits per heavy atom. The van der Waals surface area contributed by atoms with Crippen molar-refractivity contribution in [3.63, 3.8) is 0 Å². The predicted octanol–water partition coefficient (Wildman–Crippen LogP) is 6.57. The highest BCUT2D eigenvalue weighted by Crippen LogP contribution is 2.48. The Morgan fingerprint density at radius 1 is 1.00 bits per heavy atom. The summed E-state index contributed by atoms with van der Waals surface area (Å²) < 4.78 is 1.78. The van der Waals surface area contributed by atoms with Crippen LogP contribution in [0.2, 0.25) is 0 Å². The van der Waals surface area contributed by atoms with Gasteiger partial charge in [0.1, 0.15) is 0 Å². The van der Waals surface area contributed by atoms with Gasteiger partial charge in [0.05, 0.1) is 17.0 Å². The molecule has 2 aliphatic rings. The third-order valence-corrected chi connectivity index (χ3v) is 8.97. The van der Waals surface area contributed by atoms with Gasteiger partial charge in [0.15, 0.2) is 5.16 Å². The molecule has 3 aromatic carbocycles. The van der Waals surface area contributed by atoms with E-state index in [1.807, 2.05) is 55.5 Å². The third kappa shape index (κ3) is 4.27. The molecule has 0 saturated heterocycles. The lowest BCUT2D eigenvalue weighted by Crippen LogP contribution is -2.43. The molecule has 6 rings (SSSR count). The second kappa shape index (κ2) is 9.82. The fourth-order valence-electron chi connectivity index (χ4n) is 6.26. The lowest BCUT2D eigenvalue weighted by atomic mass is 9.62. The number of benzene rings is 3. The van der Waals surface area contributed by atoms with Crippen molar-refractivity contribution in [2.24, 2.45) is 0 Å². The normalized spacial score (nSPS) is 15.8. The number of anilines is 1. The molecule has 0 aliphatic heterocycles. The third-order valence-electron chi connectivity index (χ3n) is 7.99. The van der Waals surface area contributed by atoms with Crippen LogP contribution in [0.5, 0.6) is 0 Å². The second-order valence-electron chi connectivity index (χ2n) is 10.2. The molecule has 0 radical (unpaired) electrons. The van der Waals surface area contributed by atoms with Crippen LogP contribution in [0.25, 0.3) is 22.0 Å². The van der Waals surface area contributed by atoms with Crippen molar-refractivity contribution < 1.29 is 4.79 Å². The SMILES string of the molecule is CCn1c(SCC(=O)Nc2cccc3ccccc23)nc2c(c1=O)C1(CCCCC1)Cc1ccccc1-2. The molecule has 0 bridgehead atoms. The monoisotopic (exact) mass is 509 g/mol. The molecule has 1 fully saturated rings. The fourth-order valence-corrected chi connectivity index (χ4v) is 7.12. The summed E-state index contributed by atoms with van der Waals surface area (Å²) in [5.74, 6) is 0.0708. The maximum Gasteiger partial charge on any atom is 0.258 e. The molecule has 1 amide bonds. The number of rotatable bonds is 5. The van der Waals surface area contributed by atoms with E-state index in [1.165, 1.54) is 23.7 Å². The molecule has 188 valence electrons. The Balaban J connectivity index is 1.34. The van der Waals surface area contributed by atoms with E-state index in [-0.39, 0.29) is 22.6 Å². The van der Waals surface area contributed by atoms with Crippen LogP contribution in [0.15, 0.2) is 76.7 Å². The number of hydrogen-bond donors (Lipinski definition) is 1. The van der Waals surface area contributed by atoms with E-state index >= 15 is 0 Å². The molecule has 5 nitrogen and oxygen atoms in total. The van der Waals surface area contributed by atoms with Crippen LogP contribution in [0.4, 0.5) is 5.69 Å². The molecule has 0 unspecified atom stereocenters. The minimum absolute atomic E-state index is 0.0702. The van der Waals surface area contributed by atoms with E-state index in [2.05, 4.69) is 23.5 Å². The van der Waals surface area contributed by atoms with E-state index in [0.29, 0.717) is 11.7 Å². The summed E-state index contributed by atoms with van der Waals surface area (Å²) in [4.78, 5) is 32.1. The maximum absolute atomic E-state index is 14.0. The number of amides is 1. The summed E-state index contributed by atoms with van der Waals surface area (Å²) in [5, 5.41) is 5.76. The highest BCUT2D eigenvalue weighted by atomic mass is 32.2. The van der Waals surface area contributed by atoms with Crippen molar-refractivity contribution in [2.45, 2.75) is 62.6 Å². The number of hydrogen-bond acceptors (Lipinski definition) is 4. The lowest BCUT2D eigenvalue weighted by Gasteiger charge is -2.42. The summed E-state index contributed by atoms with van der Waals surface area (Å²) in [6.45, 7) is 2.52. The van der Waals surface area contributed by atoms with Gasteiger partial charge in [-0.2, -0.15) is 0 Å². The zero-order chi connectivity index (χ0) is 25.4. The Morgan fingerprint density at radius 2 is 1.76 bits per heavy atom. The first-order chi connectivity index (χ1) is 18.1. The summed E-state index contributed by atoms with van der Waals surface area (Å²) in [6, 6.07) is 22.3. The molecule has 1 aromatic heterocycles. The standard InChI is InChI=1S/C31H31N3O2S/c1-2-34-29(36)27-28(24-15-7-5-12-22(24)19-31(27)17-8-3-9-18-31)33-30(34)37-20-26(35)32-25-16-10-13-21-11-4-6-14-23(21)25/h4-7,10-16H,2-3,8-9,17-20H2,1H3,(H,32,35). The van der Waals surface area contributed by atoms with Crippen molar-refractivity contribution in [1.29, 1.82) is 0 Å². The molecule has 37 heavy (non-hydrogen) atoms. The lowest BCUT2D eigenvalue weighted by molar-refractivity contribution is -0.113. The molecule has 1 saturated carbocycles. The van der Waals surface area contributed by atoms with Gasteiger partial charge < -0.3 is 5.32 Å². The first-order valence-corrected chi connectivity index (χ1v) is 14.2. The molecular formula is C31H31N3O2S. The van der Waals surface area contributed by atoms with Gasteiger partial charge >= 0.3 is 0 Å². The Hall–Kier alpha value is -3.38. The fraction of sp³-hybridized carbons (Fsp3) is 0.323. The summed E-state index contributed by atoms with van der Waals surface area (Å²) in [6.07, 6.45) is 6.52. The van der Waals surface area contributed by atoms with Gasteiger partial charge in [-0.1, -0.05) is 91.7 Å². The molecule has 1 spiro atoms. The van der Waals surface area contributed by atoms with Gasteiger partial charge in [-0.05, 0) is 43.2 Å². The molecule has 0 atom stereocenters. The van der Waals surface area contributed by atoms with E-state index in [4.69, 9.17) is 4.98 Å². The average molecular weight is 510 g/mol. The zero-order valence-corrected chi connectivity index (χ0v) is 21.9. The highest BCUT2D eigenvalue weighted by molar-refractivity contribution is 7.99. The zero-order valence-electron chi connectivity index (χ0n) is 21.1. The number of fused-ring (bicyclic) bond motifs is 5. The van der Waals surface area contributed by atoms with Crippen molar-refractivity contribution in [1.82, 2.24) is 9.55 Å². The number of aromatic nitrogens is 2. The largest absolute Gasteiger partial charge is 0.325 e. The van der Waals surface area contributed by atoms with Gasteiger partial charge in [-0.15, -0.1) is 0 Å². The molecule has 1 N–H and O–H groups in total. The van der Waals surface area contributed by atoms with Gasteiger partial charge in [-0.25, -0.2) is 4.98 Å². The first-order valence-electron chi connectivity index (χ1n) is 13.2. The minimum Gasteiger partial charge on any atom is -0.325 e. The molecule has 1 heterocycles.